The monoisotopic (exact) mass is 306 g/mol. The normalized spacial score (nSPS) is 18.4. The van der Waals surface area contributed by atoms with E-state index in [1.165, 1.54) is 0 Å². The number of carbonyl (C=O) groups excluding carboxylic acids is 1. The number of imidazole rings is 1. The predicted molar refractivity (Wildman–Crippen MR) is 80.0 cm³/mol. The number of likely N-dealkylation sites (tertiary alicyclic amines) is 1. The van der Waals surface area contributed by atoms with Crippen LogP contribution >= 0.6 is 11.8 Å². The van der Waals surface area contributed by atoms with Crippen LogP contribution in [0.4, 0.5) is 0 Å². The van der Waals surface area contributed by atoms with Crippen LogP contribution in [0, 0.1) is 0 Å². The maximum absolute atomic E-state index is 12.2. The zero-order chi connectivity index (χ0) is 14.8. The molecule has 0 radical (unpaired) electrons. The van der Waals surface area contributed by atoms with Crippen LogP contribution in [0.15, 0.2) is 34.1 Å². The number of nitrogens with two attached hydrogens (primary N) is 1. The standard InChI is InChI=1S/C14H18N4O2S/c1-17-7-5-16-14(17)21-9-11-2-3-12(20-11)13(19)18-6-4-10(15)8-18/h2-3,5,7,10H,4,6,8-9,15H2,1H3/t10-/m1/s1. The van der Waals surface area contributed by atoms with Crippen molar-refractivity contribution in [1.29, 1.82) is 0 Å². The molecule has 0 spiro atoms. The second kappa shape index (κ2) is 5.95. The molecule has 0 bridgehead atoms. The molecule has 1 aliphatic heterocycles. The Labute approximate surface area is 127 Å². The van der Waals surface area contributed by atoms with Crippen LogP contribution in [0.3, 0.4) is 0 Å². The Hall–Kier alpha value is -1.73. The molecule has 0 saturated carbocycles. The number of rotatable bonds is 4. The van der Waals surface area contributed by atoms with Gasteiger partial charge in [-0.05, 0) is 18.6 Å². The Kier molecular flexibility index (Phi) is 4.03. The Morgan fingerprint density at radius 3 is 3.10 bits per heavy atom. The second-order valence-corrected chi connectivity index (χ2v) is 6.12. The quantitative estimate of drug-likeness (QED) is 0.866. The molecule has 1 amide bonds. The first-order valence-electron chi connectivity index (χ1n) is 6.87. The van der Waals surface area contributed by atoms with Crippen molar-refractivity contribution in [2.45, 2.75) is 23.4 Å². The topological polar surface area (TPSA) is 77.3 Å². The number of hydrogen-bond acceptors (Lipinski definition) is 5. The molecule has 2 N–H and O–H groups in total. The fourth-order valence-corrected chi connectivity index (χ4v) is 3.15. The summed E-state index contributed by atoms with van der Waals surface area (Å²) in [5.41, 5.74) is 5.83. The number of thioether (sulfide) groups is 1. The Morgan fingerprint density at radius 1 is 1.57 bits per heavy atom. The van der Waals surface area contributed by atoms with Crippen LogP contribution in [-0.4, -0.2) is 39.5 Å². The van der Waals surface area contributed by atoms with Gasteiger partial charge in [-0.25, -0.2) is 4.98 Å². The van der Waals surface area contributed by atoms with E-state index in [0.29, 0.717) is 24.6 Å². The van der Waals surface area contributed by atoms with Crippen molar-refractivity contribution in [2.24, 2.45) is 12.8 Å². The van der Waals surface area contributed by atoms with Crippen molar-refractivity contribution < 1.29 is 9.21 Å². The van der Waals surface area contributed by atoms with Gasteiger partial charge in [0, 0.05) is 38.6 Å². The summed E-state index contributed by atoms with van der Waals surface area (Å²) in [4.78, 5) is 18.2. The van der Waals surface area contributed by atoms with Gasteiger partial charge in [-0.15, -0.1) is 0 Å². The number of aryl methyl sites for hydroxylation is 1. The van der Waals surface area contributed by atoms with Gasteiger partial charge < -0.3 is 19.6 Å². The van der Waals surface area contributed by atoms with Crippen LogP contribution < -0.4 is 5.73 Å². The molecule has 3 rings (SSSR count). The molecule has 1 fully saturated rings. The Balaban J connectivity index is 1.61. The van der Waals surface area contributed by atoms with Crippen LogP contribution in [0.25, 0.3) is 0 Å². The highest BCUT2D eigenvalue weighted by Gasteiger charge is 2.26. The molecule has 21 heavy (non-hydrogen) atoms. The summed E-state index contributed by atoms with van der Waals surface area (Å²) >= 11 is 1.58. The average molecular weight is 306 g/mol. The van der Waals surface area contributed by atoms with E-state index < -0.39 is 0 Å². The van der Waals surface area contributed by atoms with Gasteiger partial charge in [0.1, 0.15) is 5.76 Å². The van der Waals surface area contributed by atoms with E-state index in [-0.39, 0.29) is 11.9 Å². The number of furan rings is 1. The minimum Gasteiger partial charge on any atom is -0.455 e. The first-order chi connectivity index (χ1) is 10.1. The molecule has 1 aliphatic rings. The minimum absolute atomic E-state index is 0.0730. The SMILES string of the molecule is Cn1ccnc1SCc1ccc(C(=O)N2CC[C@@H](N)C2)o1. The summed E-state index contributed by atoms with van der Waals surface area (Å²) in [6.07, 6.45) is 4.51. The summed E-state index contributed by atoms with van der Waals surface area (Å²) in [7, 11) is 1.95. The zero-order valence-electron chi connectivity index (χ0n) is 11.9. The van der Waals surface area contributed by atoms with Crippen molar-refractivity contribution >= 4 is 17.7 Å². The van der Waals surface area contributed by atoms with Gasteiger partial charge in [-0.2, -0.15) is 0 Å². The summed E-state index contributed by atoms with van der Waals surface area (Å²) in [5.74, 6) is 1.74. The lowest BCUT2D eigenvalue weighted by Gasteiger charge is -2.13. The van der Waals surface area contributed by atoms with Crippen molar-refractivity contribution in [3.63, 3.8) is 0 Å². The lowest BCUT2D eigenvalue weighted by Crippen LogP contribution is -2.31. The van der Waals surface area contributed by atoms with Gasteiger partial charge in [0.05, 0.1) is 5.75 Å². The lowest BCUT2D eigenvalue weighted by atomic mass is 10.3. The third-order valence-corrected chi connectivity index (χ3v) is 4.59. The van der Waals surface area contributed by atoms with E-state index in [2.05, 4.69) is 4.98 Å². The van der Waals surface area contributed by atoms with E-state index in [0.717, 1.165) is 17.3 Å². The minimum atomic E-state index is -0.0730. The van der Waals surface area contributed by atoms with Crippen LogP contribution in [0.2, 0.25) is 0 Å². The molecular formula is C14H18N4O2S. The molecule has 0 unspecified atom stereocenters. The molecule has 2 aromatic rings. The lowest BCUT2D eigenvalue weighted by molar-refractivity contribution is 0.0758. The van der Waals surface area contributed by atoms with Crippen molar-refractivity contribution in [3.05, 3.63) is 36.0 Å². The van der Waals surface area contributed by atoms with Crippen LogP contribution in [0.5, 0.6) is 0 Å². The average Bonchev–Trinajstić information content (AvgIpc) is 3.17. The Morgan fingerprint density at radius 2 is 2.43 bits per heavy atom. The Bertz CT molecular complexity index is 636. The third kappa shape index (κ3) is 3.14. The number of amides is 1. The highest BCUT2D eigenvalue weighted by molar-refractivity contribution is 7.98. The van der Waals surface area contributed by atoms with Gasteiger partial charge in [0.2, 0.25) is 0 Å². The number of carbonyl (C=O) groups is 1. The fraction of sp³-hybridized carbons (Fsp3) is 0.429. The summed E-state index contributed by atoms with van der Waals surface area (Å²) in [6, 6.07) is 3.67. The van der Waals surface area contributed by atoms with Gasteiger partial charge in [0.25, 0.3) is 5.91 Å². The maximum atomic E-state index is 12.2. The first-order valence-corrected chi connectivity index (χ1v) is 7.86. The number of nitrogens with zero attached hydrogens (tertiary/aromatic N) is 3. The fourth-order valence-electron chi connectivity index (χ4n) is 2.32. The number of hydrogen-bond donors (Lipinski definition) is 1. The van der Waals surface area contributed by atoms with Crippen molar-refractivity contribution in [1.82, 2.24) is 14.5 Å². The van der Waals surface area contributed by atoms with E-state index >= 15 is 0 Å². The van der Waals surface area contributed by atoms with E-state index in [9.17, 15) is 4.79 Å². The smallest absolute Gasteiger partial charge is 0.289 e. The third-order valence-electron chi connectivity index (χ3n) is 3.50. The predicted octanol–water partition coefficient (Wildman–Crippen LogP) is 1.48. The van der Waals surface area contributed by atoms with E-state index in [4.69, 9.17) is 10.2 Å². The van der Waals surface area contributed by atoms with Gasteiger partial charge in [-0.1, -0.05) is 11.8 Å². The van der Waals surface area contributed by atoms with Gasteiger partial charge in [0.15, 0.2) is 10.9 Å². The summed E-state index contributed by atoms with van der Waals surface area (Å²) < 4.78 is 7.59. The van der Waals surface area contributed by atoms with E-state index in [1.54, 1.807) is 28.9 Å². The summed E-state index contributed by atoms with van der Waals surface area (Å²) in [5, 5.41) is 0.921. The molecule has 1 atom stereocenters. The molecule has 0 aliphatic carbocycles. The summed E-state index contributed by atoms with van der Waals surface area (Å²) in [6.45, 7) is 1.31. The molecule has 0 aromatic carbocycles. The highest BCUT2D eigenvalue weighted by atomic mass is 32.2. The van der Waals surface area contributed by atoms with Crippen LogP contribution in [-0.2, 0) is 12.8 Å². The number of aromatic nitrogens is 2. The molecule has 1 saturated heterocycles. The molecular weight excluding hydrogens is 288 g/mol. The molecule has 2 aromatic heterocycles. The van der Waals surface area contributed by atoms with E-state index in [1.807, 2.05) is 23.9 Å². The van der Waals surface area contributed by atoms with Gasteiger partial charge in [-0.3, -0.25) is 4.79 Å². The molecule has 112 valence electrons. The van der Waals surface area contributed by atoms with Crippen molar-refractivity contribution in [3.8, 4) is 0 Å². The zero-order valence-corrected chi connectivity index (χ0v) is 12.7. The first kappa shape index (κ1) is 14.2. The second-order valence-electron chi connectivity index (χ2n) is 5.18. The highest BCUT2D eigenvalue weighted by Crippen LogP contribution is 2.23. The molecule has 3 heterocycles. The van der Waals surface area contributed by atoms with Gasteiger partial charge >= 0.3 is 0 Å². The largest absolute Gasteiger partial charge is 0.455 e. The maximum Gasteiger partial charge on any atom is 0.289 e. The molecule has 7 heteroatoms. The van der Waals surface area contributed by atoms with Crippen molar-refractivity contribution in [2.75, 3.05) is 13.1 Å². The molecule has 6 nitrogen and oxygen atoms in total. The van der Waals surface area contributed by atoms with Crippen LogP contribution in [0.1, 0.15) is 22.7 Å².